The van der Waals surface area contributed by atoms with Crippen LogP contribution >= 0.6 is 0 Å². The van der Waals surface area contributed by atoms with E-state index in [1.165, 1.54) is 6.07 Å². The molecule has 0 saturated carbocycles. The third-order valence-corrected chi connectivity index (χ3v) is 4.36. The molecule has 1 saturated heterocycles. The zero-order valence-electron chi connectivity index (χ0n) is 13.4. The Morgan fingerprint density at radius 1 is 1.27 bits per heavy atom. The molecule has 0 unspecified atom stereocenters. The molecule has 1 aromatic carbocycles. The zero-order chi connectivity index (χ0) is 16.7. The van der Waals surface area contributed by atoms with Crippen molar-refractivity contribution in [2.24, 2.45) is 0 Å². The Bertz CT molecular complexity index is 575. The van der Waals surface area contributed by atoms with Crippen molar-refractivity contribution < 1.29 is 23.6 Å². The van der Waals surface area contributed by atoms with Crippen molar-refractivity contribution in [1.82, 2.24) is 5.32 Å². The molecule has 1 fully saturated rings. The van der Waals surface area contributed by atoms with Crippen molar-refractivity contribution in [3.63, 3.8) is 0 Å². The third-order valence-electron chi connectivity index (χ3n) is 4.36. The summed E-state index contributed by atoms with van der Waals surface area (Å²) in [6.45, 7) is 9.29. The van der Waals surface area contributed by atoms with Crippen LogP contribution in [0.1, 0.15) is 46.2 Å². The van der Waals surface area contributed by atoms with Gasteiger partial charge in [-0.2, -0.15) is 0 Å². The molecular formula is C15H21BFNO4. The number of hydrogen-bond donors (Lipinski definition) is 2. The minimum absolute atomic E-state index is 0.280. The first-order valence-corrected chi connectivity index (χ1v) is 7.18. The van der Waals surface area contributed by atoms with Crippen LogP contribution in [0.2, 0.25) is 0 Å². The summed E-state index contributed by atoms with van der Waals surface area (Å²) < 4.78 is 26.0. The van der Waals surface area contributed by atoms with E-state index in [2.05, 4.69) is 5.32 Å². The molecule has 2 N–H and O–H groups in total. The van der Waals surface area contributed by atoms with Crippen molar-refractivity contribution in [3.8, 4) is 0 Å². The molecule has 1 amide bonds. The van der Waals surface area contributed by atoms with Crippen LogP contribution in [-0.2, 0) is 9.31 Å². The predicted molar refractivity (Wildman–Crippen MR) is 81.7 cm³/mol. The molecule has 2 rings (SSSR count). The van der Waals surface area contributed by atoms with Gasteiger partial charge in [-0.25, -0.2) is 9.18 Å². The fraction of sp³-hybridized carbons (Fsp3) is 0.533. The molecule has 0 aromatic heterocycles. The van der Waals surface area contributed by atoms with Gasteiger partial charge in [0.15, 0.2) is 0 Å². The molecule has 0 radical (unpaired) electrons. The van der Waals surface area contributed by atoms with Gasteiger partial charge in [0.05, 0.1) is 17.2 Å². The van der Waals surface area contributed by atoms with Crippen LogP contribution in [0.25, 0.3) is 0 Å². The van der Waals surface area contributed by atoms with E-state index < -0.39 is 36.3 Å². The van der Waals surface area contributed by atoms with Crippen molar-refractivity contribution >= 4 is 18.7 Å². The quantitative estimate of drug-likeness (QED) is 0.842. The van der Waals surface area contributed by atoms with E-state index in [9.17, 15) is 9.18 Å². The fourth-order valence-electron chi connectivity index (χ4n) is 2.28. The van der Waals surface area contributed by atoms with Gasteiger partial charge in [-0.1, -0.05) is 12.1 Å². The van der Waals surface area contributed by atoms with Gasteiger partial charge in [0.25, 0.3) is 0 Å². The van der Waals surface area contributed by atoms with Gasteiger partial charge in [0, 0.05) is 5.56 Å². The minimum atomic E-state index is -1.19. The highest BCUT2D eigenvalue weighted by Crippen LogP contribution is 2.36. The Kier molecular flexibility index (Phi) is 4.23. The van der Waals surface area contributed by atoms with Gasteiger partial charge < -0.3 is 19.7 Å². The van der Waals surface area contributed by atoms with Crippen molar-refractivity contribution in [2.45, 2.75) is 51.9 Å². The summed E-state index contributed by atoms with van der Waals surface area (Å²) >= 11 is 0. The second-order valence-electron chi connectivity index (χ2n) is 6.54. The molecule has 1 aromatic rings. The molecule has 1 atom stereocenters. The normalized spacial score (nSPS) is 20.7. The van der Waals surface area contributed by atoms with E-state index in [0.717, 1.165) is 0 Å². The Balaban J connectivity index is 2.22. The summed E-state index contributed by atoms with van der Waals surface area (Å²) in [4.78, 5) is 10.6. The first-order chi connectivity index (χ1) is 10.0. The number of rotatable bonds is 3. The summed E-state index contributed by atoms with van der Waals surface area (Å²) in [7, 11) is -0.642. The highest BCUT2D eigenvalue weighted by molar-refractivity contribution is 6.62. The molecule has 0 spiro atoms. The largest absolute Gasteiger partial charge is 0.494 e. The van der Waals surface area contributed by atoms with Gasteiger partial charge in [-0.15, -0.1) is 0 Å². The number of amides is 1. The monoisotopic (exact) mass is 309 g/mol. The van der Waals surface area contributed by atoms with Gasteiger partial charge >= 0.3 is 13.2 Å². The molecular weight excluding hydrogens is 288 g/mol. The standard InChI is InChI=1S/C15H21BFNO4/c1-9(18-13(19)20)11-7-6-10(8-12(11)17)16-21-14(2,3)15(4,5)22-16/h6-9,18H,1-5H3,(H,19,20)/t9-/m1/s1. The number of carboxylic acid groups (broad SMARTS) is 1. The molecule has 7 heteroatoms. The Labute approximate surface area is 130 Å². The molecule has 1 aliphatic heterocycles. The number of carbonyl (C=O) groups is 1. The van der Waals surface area contributed by atoms with E-state index >= 15 is 0 Å². The topological polar surface area (TPSA) is 67.8 Å². The first-order valence-electron chi connectivity index (χ1n) is 7.18. The van der Waals surface area contributed by atoms with Gasteiger partial charge in [-0.3, -0.25) is 0 Å². The minimum Gasteiger partial charge on any atom is -0.465 e. The van der Waals surface area contributed by atoms with Crippen LogP contribution in [0.3, 0.4) is 0 Å². The van der Waals surface area contributed by atoms with Crippen LogP contribution in [0.15, 0.2) is 18.2 Å². The number of benzene rings is 1. The highest BCUT2D eigenvalue weighted by Gasteiger charge is 2.51. The molecule has 5 nitrogen and oxygen atoms in total. The first kappa shape index (κ1) is 16.8. The number of nitrogens with one attached hydrogen (secondary N) is 1. The smallest absolute Gasteiger partial charge is 0.465 e. The van der Waals surface area contributed by atoms with Crippen molar-refractivity contribution in [1.29, 1.82) is 0 Å². The Hall–Kier alpha value is -1.60. The summed E-state index contributed by atoms with van der Waals surface area (Å²) in [5, 5.41) is 10.9. The molecule has 1 heterocycles. The van der Waals surface area contributed by atoms with Crippen molar-refractivity contribution in [3.05, 3.63) is 29.6 Å². The predicted octanol–water partition coefficient (Wildman–Crippen LogP) is 2.45. The lowest BCUT2D eigenvalue weighted by atomic mass is 9.78. The summed E-state index contributed by atoms with van der Waals surface area (Å²) in [5.41, 5.74) is -0.138. The average Bonchev–Trinajstić information content (AvgIpc) is 2.57. The van der Waals surface area contributed by atoms with Crippen LogP contribution in [0, 0.1) is 5.82 Å². The van der Waals surface area contributed by atoms with E-state index in [-0.39, 0.29) is 5.56 Å². The maximum absolute atomic E-state index is 14.2. The third kappa shape index (κ3) is 3.10. The van der Waals surface area contributed by atoms with Crippen LogP contribution in [0.4, 0.5) is 9.18 Å². The molecule has 22 heavy (non-hydrogen) atoms. The van der Waals surface area contributed by atoms with Crippen LogP contribution in [0.5, 0.6) is 0 Å². The maximum atomic E-state index is 14.2. The summed E-state index contributed by atoms with van der Waals surface area (Å²) in [6.07, 6.45) is -1.19. The molecule has 120 valence electrons. The van der Waals surface area contributed by atoms with Crippen LogP contribution in [-0.4, -0.2) is 29.5 Å². The summed E-state index contributed by atoms with van der Waals surface area (Å²) in [6, 6.07) is 3.94. The SMILES string of the molecule is C[C@@H](NC(=O)O)c1ccc(B2OC(C)(C)C(C)(C)O2)cc1F. The highest BCUT2D eigenvalue weighted by atomic mass is 19.1. The van der Waals surface area contributed by atoms with E-state index in [1.807, 2.05) is 27.7 Å². The van der Waals surface area contributed by atoms with Gasteiger partial charge in [0.2, 0.25) is 0 Å². The fourth-order valence-corrected chi connectivity index (χ4v) is 2.28. The van der Waals surface area contributed by atoms with Gasteiger partial charge in [0.1, 0.15) is 5.82 Å². The molecule has 0 bridgehead atoms. The van der Waals surface area contributed by atoms with E-state index in [4.69, 9.17) is 14.4 Å². The number of halogens is 1. The van der Waals surface area contributed by atoms with E-state index in [1.54, 1.807) is 19.1 Å². The lowest BCUT2D eigenvalue weighted by Gasteiger charge is -2.32. The second-order valence-corrected chi connectivity index (χ2v) is 6.54. The van der Waals surface area contributed by atoms with E-state index in [0.29, 0.717) is 5.46 Å². The Morgan fingerprint density at radius 2 is 1.82 bits per heavy atom. The lowest BCUT2D eigenvalue weighted by Crippen LogP contribution is -2.41. The average molecular weight is 309 g/mol. The Morgan fingerprint density at radius 3 is 2.27 bits per heavy atom. The molecule has 1 aliphatic rings. The zero-order valence-corrected chi connectivity index (χ0v) is 13.4. The number of hydrogen-bond acceptors (Lipinski definition) is 3. The second kappa shape index (κ2) is 5.55. The van der Waals surface area contributed by atoms with Crippen LogP contribution < -0.4 is 10.8 Å². The molecule has 0 aliphatic carbocycles. The maximum Gasteiger partial charge on any atom is 0.494 e. The lowest BCUT2D eigenvalue weighted by molar-refractivity contribution is 0.00578. The van der Waals surface area contributed by atoms with Gasteiger partial charge in [-0.05, 0) is 46.1 Å². The van der Waals surface area contributed by atoms with Crippen molar-refractivity contribution in [2.75, 3.05) is 0 Å². The summed E-state index contributed by atoms with van der Waals surface area (Å²) in [5.74, 6) is -0.492.